The summed E-state index contributed by atoms with van der Waals surface area (Å²) in [6, 6.07) is 10.5. The number of aromatic amines is 1. The fraction of sp³-hybridized carbons (Fsp3) is 0.500. The molecule has 2 aliphatic rings. The van der Waals surface area contributed by atoms with Crippen LogP contribution < -0.4 is 5.56 Å². The van der Waals surface area contributed by atoms with Crippen molar-refractivity contribution in [1.29, 1.82) is 0 Å². The number of hydrogen-bond donors (Lipinski definition) is 1. The zero-order chi connectivity index (χ0) is 19.8. The van der Waals surface area contributed by atoms with Crippen LogP contribution in [0.5, 0.6) is 0 Å². The van der Waals surface area contributed by atoms with Crippen molar-refractivity contribution in [1.82, 2.24) is 24.5 Å². The topological polar surface area (TPSA) is 75.5 Å². The van der Waals surface area contributed by atoms with Gasteiger partial charge >= 0.3 is 0 Å². The van der Waals surface area contributed by atoms with Gasteiger partial charge in [0.2, 0.25) is 0 Å². The minimum atomic E-state index is -0.102. The van der Waals surface area contributed by atoms with Crippen molar-refractivity contribution in [3.05, 3.63) is 64.1 Å². The Balaban J connectivity index is 1.43. The van der Waals surface area contributed by atoms with E-state index in [1.54, 1.807) is 10.7 Å². The molecule has 0 amide bonds. The van der Waals surface area contributed by atoms with E-state index in [0.717, 1.165) is 57.3 Å². The maximum absolute atomic E-state index is 12.7. The molecule has 3 aromatic rings. The monoisotopic (exact) mass is 393 g/mol. The van der Waals surface area contributed by atoms with E-state index in [9.17, 15) is 4.79 Å². The highest BCUT2D eigenvalue weighted by molar-refractivity contribution is 5.42. The first kappa shape index (κ1) is 18.5. The zero-order valence-electron chi connectivity index (χ0n) is 16.8. The minimum absolute atomic E-state index is 0.102. The quantitative estimate of drug-likeness (QED) is 0.737. The van der Waals surface area contributed by atoms with Crippen molar-refractivity contribution in [3.8, 4) is 0 Å². The molecule has 7 heteroatoms. The summed E-state index contributed by atoms with van der Waals surface area (Å²) in [6.45, 7) is 6.54. The lowest BCUT2D eigenvalue weighted by Crippen LogP contribution is -2.24. The Morgan fingerprint density at radius 3 is 2.76 bits per heavy atom. The van der Waals surface area contributed by atoms with Gasteiger partial charge in [-0.2, -0.15) is 5.10 Å². The van der Waals surface area contributed by atoms with E-state index >= 15 is 0 Å². The Hall–Kier alpha value is -2.51. The summed E-state index contributed by atoms with van der Waals surface area (Å²) in [5.74, 6) is 2.60. The largest absolute Gasteiger partial charge is 0.381 e. The SMILES string of the molecule is C[C@@H]1CN(Cc2ccccc2)C[C@H]1c1nn2c(C3CCOCC3)ncc2c(=O)[nH]1. The van der Waals surface area contributed by atoms with Crippen LogP contribution in [0.15, 0.2) is 41.3 Å². The summed E-state index contributed by atoms with van der Waals surface area (Å²) in [6.07, 6.45) is 3.50. The average Bonchev–Trinajstić information content (AvgIpc) is 3.33. The van der Waals surface area contributed by atoms with Gasteiger partial charge in [-0.3, -0.25) is 9.69 Å². The molecule has 5 rings (SSSR count). The lowest BCUT2D eigenvalue weighted by molar-refractivity contribution is 0.0832. The van der Waals surface area contributed by atoms with Gasteiger partial charge < -0.3 is 9.72 Å². The van der Waals surface area contributed by atoms with Crippen LogP contribution in [0.2, 0.25) is 0 Å². The van der Waals surface area contributed by atoms with Crippen molar-refractivity contribution in [2.45, 2.75) is 38.1 Å². The van der Waals surface area contributed by atoms with E-state index in [2.05, 4.69) is 46.1 Å². The van der Waals surface area contributed by atoms with Gasteiger partial charge in [-0.15, -0.1) is 0 Å². The van der Waals surface area contributed by atoms with Crippen LogP contribution in [0, 0.1) is 5.92 Å². The molecule has 0 spiro atoms. The molecule has 0 unspecified atom stereocenters. The van der Waals surface area contributed by atoms with Gasteiger partial charge in [0, 0.05) is 44.7 Å². The van der Waals surface area contributed by atoms with Crippen LogP contribution in [-0.2, 0) is 11.3 Å². The van der Waals surface area contributed by atoms with Crippen molar-refractivity contribution >= 4 is 5.52 Å². The van der Waals surface area contributed by atoms with E-state index in [1.165, 1.54) is 5.56 Å². The van der Waals surface area contributed by atoms with Gasteiger partial charge in [0.05, 0.1) is 6.20 Å². The van der Waals surface area contributed by atoms with Gasteiger partial charge in [0.15, 0.2) is 5.52 Å². The molecule has 7 nitrogen and oxygen atoms in total. The van der Waals surface area contributed by atoms with Crippen molar-refractivity contribution in [2.24, 2.45) is 5.92 Å². The average molecular weight is 393 g/mol. The molecule has 152 valence electrons. The smallest absolute Gasteiger partial charge is 0.276 e. The third kappa shape index (κ3) is 3.60. The first-order chi connectivity index (χ1) is 14.2. The molecular formula is C22H27N5O2. The minimum Gasteiger partial charge on any atom is -0.381 e. The van der Waals surface area contributed by atoms with E-state index in [4.69, 9.17) is 9.84 Å². The van der Waals surface area contributed by atoms with Gasteiger partial charge in [-0.1, -0.05) is 37.3 Å². The van der Waals surface area contributed by atoms with Crippen LogP contribution in [0.3, 0.4) is 0 Å². The highest BCUT2D eigenvalue weighted by Gasteiger charge is 2.33. The molecule has 2 atom stereocenters. The summed E-state index contributed by atoms with van der Waals surface area (Å²) in [5.41, 5.74) is 1.74. The fourth-order valence-electron chi connectivity index (χ4n) is 4.73. The predicted molar refractivity (Wildman–Crippen MR) is 110 cm³/mol. The normalized spacial score (nSPS) is 23.8. The standard InChI is InChI=1S/C22H27N5O2/c1-15-12-26(13-16-5-3-2-4-6-16)14-18(15)20-24-22(28)19-11-23-21(27(19)25-20)17-7-9-29-10-8-17/h2-6,11,15,17-18H,7-10,12-14H2,1H3,(H,24,25,28)/t15-,18-/m1/s1. The summed E-state index contributed by atoms with van der Waals surface area (Å²) in [4.78, 5) is 22.8. The number of hydrogen-bond acceptors (Lipinski definition) is 5. The van der Waals surface area contributed by atoms with Gasteiger partial charge in [0.25, 0.3) is 5.56 Å². The first-order valence-electron chi connectivity index (χ1n) is 10.5. The second-order valence-electron chi connectivity index (χ2n) is 8.40. The number of nitrogens with one attached hydrogen (secondary N) is 1. The Kier molecular flexibility index (Phi) is 4.93. The van der Waals surface area contributed by atoms with E-state index in [0.29, 0.717) is 17.4 Å². The summed E-state index contributed by atoms with van der Waals surface area (Å²) >= 11 is 0. The van der Waals surface area contributed by atoms with Crippen LogP contribution in [0.4, 0.5) is 0 Å². The lowest BCUT2D eigenvalue weighted by Gasteiger charge is -2.21. The second kappa shape index (κ2) is 7.72. The maximum atomic E-state index is 12.7. The Bertz CT molecular complexity index is 1040. The molecule has 1 N–H and O–H groups in total. The van der Waals surface area contributed by atoms with Gasteiger partial charge in [-0.05, 0) is 24.3 Å². The molecule has 2 aliphatic heterocycles. The molecule has 2 fully saturated rings. The number of benzene rings is 1. The van der Waals surface area contributed by atoms with E-state index in [-0.39, 0.29) is 11.5 Å². The number of rotatable bonds is 4. The third-order valence-electron chi connectivity index (χ3n) is 6.32. The van der Waals surface area contributed by atoms with Crippen LogP contribution in [0.1, 0.15) is 48.8 Å². The predicted octanol–water partition coefficient (Wildman–Crippen LogP) is 2.55. The summed E-state index contributed by atoms with van der Waals surface area (Å²) in [5, 5.41) is 4.88. The number of imidazole rings is 1. The molecule has 0 aliphatic carbocycles. The van der Waals surface area contributed by atoms with Crippen molar-refractivity contribution < 1.29 is 4.74 Å². The summed E-state index contributed by atoms with van der Waals surface area (Å²) in [7, 11) is 0. The first-order valence-corrected chi connectivity index (χ1v) is 10.5. The lowest BCUT2D eigenvalue weighted by atomic mass is 9.97. The van der Waals surface area contributed by atoms with E-state index in [1.807, 2.05) is 6.07 Å². The Morgan fingerprint density at radius 1 is 1.17 bits per heavy atom. The number of aromatic nitrogens is 4. The number of likely N-dealkylation sites (tertiary alicyclic amines) is 1. The van der Waals surface area contributed by atoms with Crippen molar-refractivity contribution in [2.75, 3.05) is 26.3 Å². The van der Waals surface area contributed by atoms with Gasteiger partial charge in [0.1, 0.15) is 11.6 Å². The fourth-order valence-corrected chi connectivity index (χ4v) is 4.73. The number of fused-ring (bicyclic) bond motifs is 1. The maximum Gasteiger partial charge on any atom is 0.276 e. The number of nitrogens with zero attached hydrogens (tertiary/aromatic N) is 4. The number of H-pyrrole nitrogens is 1. The Morgan fingerprint density at radius 2 is 1.97 bits per heavy atom. The molecule has 2 saturated heterocycles. The molecular weight excluding hydrogens is 366 g/mol. The molecule has 0 radical (unpaired) electrons. The molecule has 1 aromatic carbocycles. The van der Waals surface area contributed by atoms with Crippen LogP contribution >= 0.6 is 0 Å². The van der Waals surface area contributed by atoms with Crippen LogP contribution in [-0.4, -0.2) is 50.8 Å². The van der Waals surface area contributed by atoms with Crippen molar-refractivity contribution in [3.63, 3.8) is 0 Å². The molecule has 0 saturated carbocycles. The molecule has 2 aromatic heterocycles. The molecule has 29 heavy (non-hydrogen) atoms. The third-order valence-corrected chi connectivity index (χ3v) is 6.32. The molecule has 0 bridgehead atoms. The molecule has 4 heterocycles. The Labute approximate surface area is 169 Å². The number of ether oxygens (including phenoxy) is 1. The van der Waals surface area contributed by atoms with Crippen LogP contribution in [0.25, 0.3) is 5.52 Å². The highest BCUT2D eigenvalue weighted by atomic mass is 16.5. The van der Waals surface area contributed by atoms with E-state index < -0.39 is 0 Å². The summed E-state index contributed by atoms with van der Waals surface area (Å²) < 4.78 is 7.27. The van der Waals surface area contributed by atoms with Gasteiger partial charge in [-0.25, -0.2) is 9.50 Å². The zero-order valence-corrected chi connectivity index (χ0v) is 16.8. The second-order valence-corrected chi connectivity index (χ2v) is 8.40. The highest BCUT2D eigenvalue weighted by Crippen LogP contribution is 2.31.